The molecule has 2 atom stereocenters. The first-order valence-electron chi connectivity index (χ1n) is 10.1. The van der Waals surface area contributed by atoms with Crippen molar-refractivity contribution in [2.75, 3.05) is 11.9 Å². The van der Waals surface area contributed by atoms with E-state index in [0.29, 0.717) is 17.1 Å². The van der Waals surface area contributed by atoms with Gasteiger partial charge >= 0.3 is 0 Å². The van der Waals surface area contributed by atoms with Crippen LogP contribution in [0.1, 0.15) is 42.0 Å². The lowest BCUT2D eigenvalue weighted by Gasteiger charge is -2.33. The lowest BCUT2D eigenvalue weighted by Crippen LogP contribution is -2.41. The highest BCUT2D eigenvalue weighted by molar-refractivity contribution is 6.30. The van der Waals surface area contributed by atoms with Crippen LogP contribution in [0.25, 0.3) is 0 Å². The molecule has 3 aromatic rings. The number of amides is 2. The molecule has 0 saturated heterocycles. The summed E-state index contributed by atoms with van der Waals surface area (Å²) in [5.41, 5.74) is 3.39. The van der Waals surface area contributed by atoms with Gasteiger partial charge in [-0.05, 0) is 35.7 Å². The first kappa shape index (κ1) is 20.2. The van der Waals surface area contributed by atoms with E-state index in [2.05, 4.69) is 5.32 Å². The number of hydrogen-bond acceptors (Lipinski definition) is 2. The van der Waals surface area contributed by atoms with Crippen LogP contribution < -0.4 is 5.32 Å². The molecule has 30 heavy (non-hydrogen) atoms. The van der Waals surface area contributed by atoms with Gasteiger partial charge in [0, 0.05) is 16.3 Å². The first-order valence-corrected chi connectivity index (χ1v) is 10.5. The highest BCUT2D eigenvalue weighted by Crippen LogP contribution is 2.39. The van der Waals surface area contributed by atoms with Gasteiger partial charge in [0.1, 0.15) is 6.54 Å². The number of carbonyl (C=O) groups excluding carboxylic acids is 2. The summed E-state index contributed by atoms with van der Waals surface area (Å²) in [6, 6.07) is 24.5. The lowest BCUT2D eigenvalue weighted by molar-refractivity contribution is -0.137. The molecule has 1 N–H and O–H groups in total. The van der Waals surface area contributed by atoms with Crippen LogP contribution in [-0.4, -0.2) is 23.3 Å². The molecule has 0 saturated carbocycles. The summed E-state index contributed by atoms with van der Waals surface area (Å²) in [5, 5.41) is 3.50. The minimum atomic E-state index is -0.413. The number of carbonyl (C=O) groups is 2. The van der Waals surface area contributed by atoms with Gasteiger partial charge < -0.3 is 10.2 Å². The predicted molar refractivity (Wildman–Crippen MR) is 120 cm³/mol. The molecule has 4 rings (SSSR count). The average Bonchev–Trinajstić information content (AvgIpc) is 2.91. The number of rotatable bonds is 4. The van der Waals surface area contributed by atoms with Crippen LogP contribution in [0.5, 0.6) is 0 Å². The number of anilines is 1. The number of hydrogen-bond donors (Lipinski definition) is 1. The fourth-order valence-electron chi connectivity index (χ4n) is 4.12. The van der Waals surface area contributed by atoms with Gasteiger partial charge in [-0.25, -0.2) is 0 Å². The number of nitrogens with one attached hydrogen (secondary N) is 1. The number of nitrogens with zero attached hydrogens (tertiary/aromatic N) is 1. The van der Waals surface area contributed by atoms with Gasteiger partial charge in [0.2, 0.25) is 11.8 Å². The zero-order valence-electron chi connectivity index (χ0n) is 16.7. The third-order valence-electron chi connectivity index (χ3n) is 5.51. The molecule has 152 valence electrons. The van der Waals surface area contributed by atoms with Gasteiger partial charge in [-0.15, -0.1) is 0 Å². The number of fused-ring (bicyclic) bond motifs is 1. The Labute approximate surface area is 181 Å². The SMILES string of the molecule is CC[C@H](C(=O)N1CC(=O)Nc2ccc(Cl)cc2[C@H]1c1ccccc1)c1ccccc1. The Morgan fingerprint density at radius 3 is 2.40 bits per heavy atom. The summed E-state index contributed by atoms with van der Waals surface area (Å²) >= 11 is 6.32. The largest absolute Gasteiger partial charge is 0.324 e. The Morgan fingerprint density at radius 2 is 1.73 bits per heavy atom. The van der Waals surface area contributed by atoms with Crippen LogP contribution in [0.2, 0.25) is 5.02 Å². The maximum Gasteiger partial charge on any atom is 0.244 e. The molecule has 0 unspecified atom stereocenters. The van der Waals surface area contributed by atoms with E-state index in [-0.39, 0.29) is 24.3 Å². The van der Waals surface area contributed by atoms with Crippen LogP contribution in [0, 0.1) is 0 Å². The van der Waals surface area contributed by atoms with Crippen LogP contribution in [0.4, 0.5) is 5.69 Å². The van der Waals surface area contributed by atoms with E-state index in [1.165, 1.54) is 0 Å². The minimum Gasteiger partial charge on any atom is -0.324 e. The summed E-state index contributed by atoms with van der Waals surface area (Å²) < 4.78 is 0. The van der Waals surface area contributed by atoms with Crippen molar-refractivity contribution in [3.8, 4) is 0 Å². The molecule has 1 aliphatic rings. The monoisotopic (exact) mass is 418 g/mol. The Bertz CT molecular complexity index is 1050. The fraction of sp³-hybridized carbons (Fsp3) is 0.200. The molecule has 4 nitrogen and oxygen atoms in total. The van der Waals surface area contributed by atoms with E-state index in [4.69, 9.17) is 11.6 Å². The molecule has 1 heterocycles. The highest BCUT2D eigenvalue weighted by atomic mass is 35.5. The minimum absolute atomic E-state index is 0.0198. The molecule has 3 aromatic carbocycles. The van der Waals surface area contributed by atoms with E-state index < -0.39 is 6.04 Å². The summed E-state index contributed by atoms with van der Waals surface area (Å²) in [5.74, 6) is -0.611. The quantitative estimate of drug-likeness (QED) is 0.616. The summed E-state index contributed by atoms with van der Waals surface area (Å²) in [6.07, 6.45) is 0.644. The normalized spacial score (nSPS) is 16.9. The molecule has 0 aromatic heterocycles. The second-order valence-corrected chi connectivity index (χ2v) is 7.87. The maximum absolute atomic E-state index is 13.8. The molecular weight excluding hydrogens is 396 g/mol. The molecular formula is C25H23ClN2O2. The van der Waals surface area contributed by atoms with Crippen molar-refractivity contribution in [1.29, 1.82) is 0 Å². The lowest BCUT2D eigenvalue weighted by atomic mass is 9.91. The van der Waals surface area contributed by atoms with Crippen LogP contribution in [-0.2, 0) is 9.59 Å². The van der Waals surface area contributed by atoms with Gasteiger partial charge in [0.15, 0.2) is 0 Å². The maximum atomic E-state index is 13.8. The topological polar surface area (TPSA) is 49.4 Å². The van der Waals surface area contributed by atoms with Crippen molar-refractivity contribution in [2.45, 2.75) is 25.3 Å². The molecule has 0 bridgehead atoms. The Kier molecular flexibility index (Phi) is 5.86. The van der Waals surface area contributed by atoms with Crippen LogP contribution >= 0.6 is 11.6 Å². The third kappa shape index (κ3) is 3.96. The molecule has 0 spiro atoms. The molecule has 0 fully saturated rings. The molecule has 0 radical (unpaired) electrons. The Balaban J connectivity index is 1.85. The second-order valence-electron chi connectivity index (χ2n) is 7.43. The summed E-state index contributed by atoms with van der Waals surface area (Å²) in [7, 11) is 0. The number of halogens is 1. The van der Waals surface area contributed by atoms with Crippen LogP contribution in [0.3, 0.4) is 0 Å². The standard InChI is InChI=1S/C25H23ClN2O2/c1-2-20(17-9-5-3-6-10-17)25(30)28-16-23(29)27-22-14-13-19(26)15-21(22)24(28)18-11-7-4-8-12-18/h3-15,20,24H,2,16H2,1H3,(H,27,29)/t20-,24+/m0/s1. The van der Waals surface area contributed by atoms with E-state index in [1.54, 1.807) is 17.0 Å². The molecule has 1 aliphatic heterocycles. The van der Waals surface area contributed by atoms with Crippen molar-refractivity contribution in [3.63, 3.8) is 0 Å². The zero-order chi connectivity index (χ0) is 21.1. The van der Waals surface area contributed by atoms with Crippen LogP contribution in [0.15, 0.2) is 78.9 Å². The van der Waals surface area contributed by atoms with Gasteiger partial charge in [-0.1, -0.05) is 79.2 Å². The predicted octanol–water partition coefficient (Wildman–Crippen LogP) is 5.40. The van der Waals surface area contributed by atoms with Crippen molar-refractivity contribution >= 4 is 29.1 Å². The fourth-order valence-corrected chi connectivity index (χ4v) is 4.30. The third-order valence-corrected chi connectivity index (χ3v) is 5.75. The highest BCUT2D eigenvalue weighted by Gasteiger charge is 2.36. The van der Waals surface area contributed by atoms with E-state index >= 15 is 0 Å². The Morgan fingerprint density at radius 1 is 1.07 bits per heavy atom. The summed E-state index contributed by atoms with van der Waals surface area (Å²) in [4.78, 5) is 28.2. The zero-order valence-corrected chi connectivity index (χ0v) is 17.5. The van der Waals surface area contributed by atoms with Gasteiger partial charge in [-0.2, -0.15) is 0 Å². The summed E-state index contributed by atoms with van der Waals surface area (Å²) in [6.45, 7) is 1.98. The van der Waals surface area contributed by atoms with Gasteiger partial charge in [-0.3, -0.25) is 9.59 Å². The second kappa shape index (κ2) is 8.72. The number of benzene rings is 3. The van der Waals surface area contributed by atoms with Crippen molar-refractivity contribution in [2.24, 2.45) is 0 Å². The van der Waals surface area contributed by atoms with Crippen molar-refractivity contribution in [3.05, 3.63) is 101 Å². The van der Waals surface area contributed by atoms with Gasteiger partial charge in [0.25, 0.3) is 0 Å². The molecule has 5 heteroatoms. The van der Waals surface area contributed by atoms with E-state index in [1.807, 2.05) is 73.7 Å². The van der Waals surface area contributed by atoms with Crippen molar-refractivity contribution < 1.29 is 9.59 Å². The van der Waals surface area contributed by atoms with E-state index in [9.17, 15) is 9.59 Å². The first-order chi connectivity index (χ1) is 14.6. The van der Waals surface area contributed by atoms with Crippen molar-refractivity contribution in [1.82, 2.24) is 4.90 Å². The molecule has 0 aliphatic carbocycles. The van der Waals surface area contributed by atoms with E-state index in [0.717, 1.165) is 16.7 Å². The van der Waals surface area contributed by atoms with Gasteiger partial charge in [0.05, 0.1) is 12.0 Å². The molecule has 2 amide bonds. The average molecular weight is 419 g/mol. The smallest absolute Gasteiger partial charge is 0.244 e. The Hall–Kier alpha value is -3.11.